The first-order valence-electron chi connectivity index (χ1n) is 10.1. The van der Waals surface area contributed by atoms with Crippen molar-refractivity contribution < 1.29 is 27.8 Å². The molecule has 1 aromatic carbocycles. The molecule has 0 radical (unpaired) electrons. The van der Waals surface area contributed by atoms with Crippen molar-refractivity contribution in [3.8, 4) is 0 Å². The number of aliphatic hydroxyl groups excluding tert-OH is 1. The molecule has 1 aromatic rings. The summed E-state index contributed by atoms with van der Waals surface area (Å²) in [5.41, 5.74) is -0.411. The lowest BCUT2D eigenvalue weighted by Crippen LogP contribution is -2.52. The fourth-order valence-electron chi connectivity index (χ4n) is 3.78. The SMILES string of the molecule is COCCN(C(=O)[C@@H](O)[C@@H](C)NC1CCCC1)C(C)c1cccc(C(F)(F)F)c1. The summed E-state index contributed by atoms with van der Waals surface area (Å²) in [6.07, 6.45) is -1.47. The van der Waals surface area contributed by atoms with E-state index in [-0.39, 0.29) is 19.2 Å². The Kier molecular flexibility index (Phi) is 8.48. The van der Waals surface area contributed by atoms with E-state index in [1.807, 2.05) is 0 Å². The van der Waals surface area contributed by atoms with Crippen LogP contribution in [0.5, 0.6) is 0 Å². The van der Waals surface area contributed by atoms with Crippen molar-refractivity contribution >= 4 is 5.91 Å². The summed E-state index contributed by atoms with van der Waals surface area (Å²) in [4.78, 5) is 14.4. The van der Waals surface area contributed by atoms with Gasteiger partial charge in [0.15, 0.2) is 0 Å². The zero-order chi connectivity index (χ0) is 21.6. The van der Waals surface area contributed by atoms with Crippen molar-refractivity contribution in [1.29, 1.82) is 0 Å². The van der Waals surface area contributed by atoms with Crippen LogP contribution in [0.3, 0.4) is 0 Å². The molecule has 0 spiro atoms. The molecule has 0 saturated heterocycles. The number of hydrogen-bond acceptors (Lipinski definition) is 4. The van der Waals surface area contributed by atoms with Crippen LogP contribution in [-0.4, -0.2) is 54.4 Å². The Morgan fingerprint density at radius 3 is 2.55 bits per heavy atom. The van der Waals surface area contributed by atoms with Gasteiger partial charge in [0, 0.05) is 25.7 Å². The van der Waals surface area contributed by atoms with Crippen molar-refractivity contribution in [3.63, 3.8) is 0 Å². The average molecular weight is 416 g/mol. The largest absolute Gasteiger partial charge is 0.416 e. The highest BCUT2D eigenvalue weighted by Gasteiger charge is 2.34. The molecule has 2 N–H and O–H groups in total. The maximum Gasteiger partial charge on any atom is 0.416 e. The lowest BCUT2D eigenvalue weighted by molar-refractivity contribution is -0.144. The van der Waals surface area contributed by atoms with Gasteiger partial charge in [-0.25, -0.2) is 0 Å². The number of nitrogens with zero attached hydrogens (tertiary/aromatic N) is 1. The minimum absolute atomic E-state index is 0.167. The lowest BCUT2D eigenvalue weighted by atomic mass is 10.0. The minimum Gasteiger partial charge on any atom is -0.383 e. The first kappa shape index (κ1) is 23.6. The lowest BCUT2D eigenvalue weighted by Gasteiger charge is -2.33. The number of ether oxygens (including phenoxy) is 1. The van der Waals surface area contributed by atoms with Crippen LogP contribution in [0.15, 0.2) is 24.3 Å². The Morgan fingerprint density at radius 2 is 1.97 bits per heavy atom. The van der Waals surface area contributed by atoms with Gasteiger partial charge in [0.05, 0.1) is 18.2 Å². The van der Waals surface area contributed by atoms with Crippen LogP contribution in [0.4, 0.5) is 13.2 Å². The summed E-state index contributed by atoms with van der Waals surface area (Å²) >= 11 is 0. The first-order valence-corrected chi connectivity index (χ1v) is 10.1. The molecule has 1 saturated carbocycles. The predicted octanol–water partition coefficient (Wildman–Crippen LogP) is 3.52. The zero-order valence-corrected chi connectivity index (χ0v) is 17.2. The number of aliphatic hydroxyl groups is 1. The van der Waals surface area contributed by atoms with E-state index in [0.717, 1.165) is 37.8 Å². The van der Waals surface area contributed by atoms with Gasteiger partial charge in [-0.3, -0.25) is 4.79 Å². The number of carbonyl (C=O) groups excluding carboxylic acids is 1. The molecule has 1 unspecified atom stereocenters. The average Bonchev–Trinajstić information content (AvgIpc) is 3.19. The predicted molar refractivity (Wildman–Crippen MR) is 104 cm³/mol. The molecule has 1 aliphatic rings. The number of benzene rings is 1. The molecule has 8 heteroatoms. The molecule has 1 aliphatic carbocycles. The molecule has 29 heavy (non-hydrogen) atoms. The quantitative estimate of drug-likeness (QED) is 0.647. The van der Waals surface area contributed by atoms with Crippen LogP contribution >= 0.6 is 0 Å². The molecule has 0 heterocycles. The van der Waals surface area contributed by atoms with Crippen molar-refractivity contribution in [1.82, 2.24) is 10.2 Å². The molecule has 2 rings (SSSR count). The number of nitrogens with one attached hydrogen (secondary N) is 1. The van der Waals surface area contributed by atoms with Gasteiger partial charge in [0.2, 0.25) is 0 Å². The minimum atomic E-state index is -4.46. The summed E-state index contributed by atoms with van der Waals surface area (Å²) in [6, 6.07) is 4.11. The van der Waals surface area contributed by atoms with Gasteiger partial charge in [0.25, 0.3) is 5.91 Å². The van der Waals surface area contributed by atoms with Crippen molar-refractivity contribution in [2.24, 2.45) is 0 Å². The Hall–Kier alpha value is -1.64. The Bertz CT molecular complexity index is 663. The number of alkyl halides is 3. The summed E-state index contributed by atoms with van der Waals surface area (Å²) < 4.78 is 44.3. The van der Waals surface area contributed by atoms with E-state index in [1.165, 1.54) is 18.1 Å². The number of hydrogen-bond donors (Lipinski definition) is 2. The Morgan fingerprint density at radius 1 is 1.31 bits per heavy atom. The van der Waals surface area contributed by atoms with Crippen LogP contribution < -0.4 is 5.32 Å². The van der Waals surface area contributed by atoms with Crippen LogP contribution in [0.25, 0.3) is 0 Å². The van der Waals surface area contributed by atoms with Gasteiger partial charge in [-0.05, 0) is 44.4 Å². The maximum absolute atomic E-state index is 13.1. The fourth-order valence-corrected chi connectivity index (χ4v) is 3.78. The smallest absolute Gasteiger partial charge is 0.383 e. The normalized spacial score (nSPS) is 18.4. The number of methoxy groups -OCH3 is 1. The number of rotatable bonds is 9. The van der Waals surface area contributed by atoms with E-state index < -0.39 is 35.8 Å². The number of carbonyl (C=O) groups is 1. The number of halogens is 3. The van der Waals surface area contributed by atoms with Crippen molar-refractivity contribution in [2.45, 2.75) is 69.9 Å². The summed E-state index contributed by atoms with van der Waals surface area (Å²) in [7, 11) is 1.48. The third kappa shape index (κ3) is 6.42. The highest BCUT2D eigenvalue weighted by Crippen LogP contribution is 2.32. The van der Waals surface area contributed by atoms with E-state index in [0.29, 0.717) is 5.56 Å². The van der Waals surface area contributed by atoms with Gasteiger partial charge >= 0.3 is 6.18 Å². The van der Waals surface area contributed by atoms with Crippen LogP contribution in [0.1, 0.15) is 56.7 Å². The van der Waals surface area contributed by atoms with E-state index in [4.69, 9.17) is 4.74 Å². The highest BCUT2D eigenvalue weighted by atomic mass is 19.4. The van der Waals surface area contributed by atoms with Gasteiger partial charge in [0.1, 0.15) is 6.10 Å². The third-order valence-electron chi connectivity index (χ3n) is 5.56. The molecule has 3 atom stereocenters. The van der Waals surface area contributed by atoms with Crippen LogP contribution in [-0.2, 0) is 15.7 Å². The van der Waals surface area contributed by atoms with Gasteiger partial charge < -0.3 is 20.1 Å². The van der Waals surface area contributed by atoms with E-state index in [9.17, 15) is 23.1 Å². The zero-order valence-electron chi connectivity index (χ0n) is 17.2. The van der Waals surface area contributed by atoms with Crippen molar-refractivity contribution in [2.75, 3.05) is 20.3 Å². The fraction of sp³-hybridized carbons (Fsp3) is 0.667. The monoisotopic (exact) mass is 416 g/mol. The van der Waals surface area contributed by atoms with Crippen LogP contribution in [0, 0.1) is 0 Å². The maximum atomic E-state index is 13.1. The first-order chi connectivity index (χ1) is 13.6. The summed E-state index contributed by atoms with van der Waals surface area (Å²) in [5, 5.41) is 13.9. The molecule has 5 nitrogen and oxygen atoms in total. The van der Waals surface area contributed by atoms with Gasteiger partial charge in [-0.15, -0.1) is 0 Å². The molecule has 1 fully saturated rings. The Labute approximate surface area is 170 Å². The molecule has 0 aromatic heterocycles. The highest BCUT2D eigenvalue weighted by molar-refractivity contribution is 5.82. The summed E-state index contributed by atoms with van der Waals surface area (Å²) in [5.74, 6) is -0.523. The second-order valence-corrected chi connectivity index (χ2v) is 7.71. The molecule has 164 valence electrons. The van der Waals surface area contributed by atoms with E-state index in [1.54, 1.807) is 19.9 Å². The van der Waals surface area contributed by atoms with Crippen molar-refractivity contribution in [3.05, 3.63) is 35.4 Å². The summed E-state index contributed by atoms with van der Waals surface area (Å²) in [6.45, 7) is 3.79. The topological polar surface area (TPSA) is 61.8 Å². The molecule has 0 bridgehead atoms. The second kappa shape index (κ2) is 10.4. The van der Waals surface area contributed by atoms with Gasteiger partial charge in [-0.1, -0.05) is 25.0 Å². The van der Waals surface area contributed by atoms with E-state index >= 15 is 0 Å². The van der Waals surface area contributed by atoms with Crippen LogP contribution in [0.2, 0.25) is 0 Å². The third-order valence-corrected chi connectivity index (χ3v) is 5.56. The molecular weight excluding hydrogens is 385 g/mol. The molecular formula is C21H31F3N2O3. The Balaban J connectivity index is 2.17. The van der Waals surface area contributed by atoms with Gasteiger partial charge in [-0.2, -0.15) is 13.2 Å². The molecule has 1 amide bonds. The van der Waals surface area contributed by atoms with E-state index in [2.05, 4.69) is 5.32 Å². The molecule has 0 aliphatic heterocycles. The standard InChI is InChI=1S/C21H31F3N2O3/c1-14(25-18-9-4-5-10-18)19(27)20(28)26(11-12-29-3)15(2)16-7-6-8-17(13-16)21(22,23)24/h6-8,13-15,18-19,25,27H,4-5,9-12H2,1-3H3/t14-,15?,19+/m1/s1. The number of amides is 1. The second-order valence-electron chi connectivity index (χ2n) is 7.71.